The average molecular weight is 204 g/mol. The molecule has 3 rings (SSSR count). The molecule has 1 N–H and O–H groups in total. The molecule has 0 atom stereocenters. The van der Waals surface area contributed by atoms with Crippen LogP contribution in [0.25, 0.3) is 0 Å². The Kier molecular flexibility index (Phi) is 2.68. The molecule has 0 aromatic carbocycles. The van der Waals surface area contributed by atoms with E-state index in [0.29, 0.717) is 5.41 Å². The van der Waals surface area contributed by atoms with Crippen LogP contribution in [0.5, 0.6) is 0 Å². The molecule has 3 heterocycles. The van der Waals surface area contributed by atoms with Crippen LogP contribution < -0.4 is 10.2 Å². The summed E-state index contributed by atoms with van der Waals surface area (Å²) in [5.41, 5.74) is 0.567. The monoisotopic (exact) mass is 204 g/mol. The standard InChI is InChI=1S/C9H12N4.C2H4/c1-2-8(12-11-3-1)13-6-9(7-13)4-10-5-9;1-2/h1-3,10H,4-7H2;1-2H2. The fourth-order valence-corrected chi connectivity index (χ4v) is 2.09. The number of aromatic nitrogens is 2. The Hall–Kier alpha value is -1.42. The molecule has 0 saturated carbocycles. The SMILES string of the molecule is C=C.c1cnnc(N2CC3(CNC3)C2)c1. The van der Waals surface area contributed by atoms with E-state index < -0.39 is 0 Å². The van der Waals surface area contributed by atoms with Gasteiger partial charge in [-0.15, -0.1) is 18.3 Å². The van der Waals surface area contributed by atoms with Crippen molar-refractivity contribution in [3.63, 3.8) is 0 Å². The van der Waals surface area contributed by atoms with Gasteiger partial charge in [0.2, 0.25) is 0 Å². The van der Waals surface area contributed by atoms with Gasteiger partial charge in [-0.3, -0.25) is 0 Å². The first-order valence-electron chi connectivity index (χ1n) is 5.11. The predicted octanol–water partition coefficient (Wildman–Crippen LogP) is 0.688. The molecule has 0 bridgehead atoms. The molecular formula is C11H16N4. The maximum atomic E-state index is 4.08. The number of hydrogen-bond acceptors (Lipinski definition) is 4. The van der Waals surface area contributed by atoms with Crippen molar-refractivity contribution in [2.24, 2.45) is 5.41 Å². The Morgan fingerprint density at radius 3 is 2.53 bits per heavy atom. The normalized spacial score (nSPS) is 20.9. The molecule has 0 aliphatic carbocycles. The minimum Gasteiger partial charge on any atom is -0.354 e. The molecule has 1 spiro atoms. The van der Waals surface area contributed by atoms with Crippen LogP contribution in [0.3, 0.4) is 0 Å². The lowest BCUT2D eigenvalue weighted by Crippen LogP contribution is -2.71. The minimum atomic E-state index is 0.567. The van der Waals surface area contributed by atoms with E-state index in [0.717, 1.165) is 18.9 Å². The van der Waals surface area contributed by atoms with Gasteiger partial charge in [0.05, 0.1) is 0 Å². The minimum absolute atomic E-state index is 0.567. The van der Waals surface area contributed by atoms with Crippen molar-refractivity contribution >= 4 is 5.82 Å². The van der Waals surface area contributed by atoms with Crippen molar-refractivity contribution in [3.8, 4) is 0 Å². The Bertz CT molecular complexity index is 313. The highest BCUT2D eigenvalue weighted by molar-refractivity contribution is 5.42. The van der Waals surface area contributed by atoms with Gasteiger partial charge >= 0.3 is 0 Å². The van der Waals surface area contributed by atoms with Crippen LogP contribution in [0.2, 0.25) is 0 Å². The third-order valence-electron chi connectivity index (χ3n) is 2.93. The number of anilines is 1. The van der Waals surface area contributed by atoms with Crippen LogP contribution in [-0.2, 0) is 0 Å². The first kappa shape index (κ1) is 10.1. The van der Waals surface area contributed by atoms with Crippen LogP contribution in [-0.4, -0.2) is 36.4 Å². The molecule has 2 saturated heterocycles. The zero-order valence-corrected chi connectivity index (χ0v) is 8.82. The van der Waals surface area contributed by atoms with Crippen molar-refractivity contribution in [3.05, 3.63) is 31.5 Å². The number of hydrogen-bond donors (Lipinski definition) is 1. The third-order valence-corrected chi connectivity index (χ3v) is 2.93. The highest BCUT2D eigenvalue weighted by atomic mass is 15.3. The molecular weight excluding hydrogens is 188 g/mol. The smallest absolute Gasteiger partial charge is 0.151 e. The van der Waals surface area contributed by atoms with Gasteiger partial charge < -0.3 is 10.2 Å². The quantitative estimate of drug-likeness (QED) is 0.683. The van der Waals surface area contributed by atoms with E-state index in [1.54, 1.807) is 6.20 Å². The van der Waals surface area contributed by atoms with Gasteiger partial charge in [0.25, 0.3) is 0 Å². The predicted molar refractivity (Wildman–Crippen MR) is 60.8 cm³/mol. The number of nitrogens with one attached hydrogen (secondary N) is 1. The summed E-state index contributed by atoms with van der Waals surface area (Å²) in [5.74, 6) is 1.01. The summed E-state index contributed by atoms with van der Waals surface area (Å²) in [6.07, 6.45) is 1.71. The topological polar surface area (TPSA) is 41.1 Å². The van der Waals surface area contributed by atoms with Crippen LogP contribution in [0.15, 0.2) is 31.5 Å². The van der Waals surface area contributed by atoms with Crippen molar-refractivity contribution in [2.45, 2.75) is 0 Å². The van der Waals surface area contributed by atoms with E-state index in [2.05, 4.69) is 33.6 Å². The molecule has 4 nitrogen and oxygen atoms in total. The van der Waals surface area contributed by atoms with Crippen LogP contribution in [0.1, 0.15) is 0 Å². The van der Waals surface area contributed by atoms with E-state index in [-0.39, 0.29) is 0 Å². The molecule has 80 valence electrons. The maximum absolute atomic E-state index is 4.08. The summed E-state index contributed by atoms with van der Waals surface area (Å²) in [5, 5.41) is 11.3. The lowest BCUT2D eigenvalue weighted by atomic mass is 9.74. The highest BCUT2D eigenvalue weighted by Crippen LogP contribution is 2.36. The molecule has 0 amide bonds. The largest absolute Gasteiger partial charge is 0.354 e. The van der Waals surface area contributed by atoms with Crippen LogP contribution in [0.4, 0.5) is 5.82 Å². The fourth-order valence-electron chi connectivity index (χ4n) is 2.09. The summed E-state index contributed by atoms with van der Waals surface area (Å²) >= 11 is 0. The molecule has 1 aromatic heterocycles. The Morgan fingerprint density at radius 1 is 1.33 bits per heavy atom. The molecule has 0 radical (unpaired) electrons. The van der Waals surface area contributed by atoms with Crippen molar-refractivity contribution in [2.75, 3.05) is 31.1 Å². The molecule has 2 fully saturated rings. The van der Waals surface area contributed by atoms with Crippen molar-refractivity contribution < 1.29 is 0 Å². The first-order chi connectivity index (χ1) is 7.38. The molecule has 1 aromatic rings. The number of rotatable bonds is 1. The lowest BCUT2D eigenvalue weighted by Gasteiger charge is -2.56. The van der Waals surface area contributed by atoms with Gasteiger partial charge in [0.15, 0.2) is 5.82 Å². The third kappa shape index (κ3) is 1.72. The zero-order chi connectivity index (χ0) is 10.7. The van der Waals surface area contributed by atoms with Gasteiger partial charge in [-0.1, -0.05) is 0 Å². The summed E-state index contributed by atoms with van der Waals surface area (Å²) in [4.78, 5) is 2.29. The Morgan fingerprint density at radius 2 is 2.07 bits per heavy atom. The molecule has 0 unspecified atom stereocenters. The second-order valence-corrected chi connectivity index (χ2v) is 4.04. The lowest BCUT2D eigenvalue weighted by molar-refractivity contribution is 0.120. The van der Waals surface area contributed by atoms with E-state index in [1.807, 2.05) is 12.1 Å². The van der Waals surface area contributed by atoms with Gasteiger partial charge in [-0.2, -0.15) is 5.10 Å². The van der Waals surface area contributed by atoms with Gasteiger partial charge in [0, 0.05) is 37.8 Å². The second kappa shape index (κ2) is 3.98. The van der Waals surface area contributed by atoms with Gasteiger partial charge in [-0.25, -0.2) is 0 Å². The summed E-state index contributed by atoms with van der Waals surface area (Å²) in [7, 11) is 0. The molecule has 4 heteroatoms. The van der Waals surface area contributed by atoms with E-state index in [9.17, 15) is 0 Å². The van der Waals surface area contributed by atoms with Crippen LogP contribution >= 0.6 is 0 Å². The fraction of sp³-hybridized carbons (Fsp3) is 0.455. The van der Waals surface area contributed by atoms with E-state index in [1.165, 1.54) is 13.1 Å². The average Bonchev–Trinajstić information content (AvgIpc) is 2.18. The van der Waals surface area contributed by atoms with Crippen molar-refractivity contribution in [1.29, 1.82) is 0 Å². The van der Waals surface area contributed by atoms with E-state index in [4.69, 9.17) is 0 Å². The maximum Gasteiger partial charge on any atom is 0.151 e. The summed E-state index contributed by atoms with van der Waals surface area (Å²) in [6, 6.07) is 3.96. The first-order valence-corrected chi connectivity index (χ1v) is 5.11. The van der Waals surface area contributed by atoms with Crippen LogP contribution in [0, 0.1) is 5.41 Å². The van der Waals surface area contributed by atoms with E-state index >= 15 is 0 Å². The summed E-state index contributed by atoms with van der Waals surface area (Å²) in [6.45, 7) is 10.6. The second-order valence-electron chi connectivity index (χ2n) is 4.04. The van der Waals surface area contributed by atoms with Gasteiger partial charge in [-0.05, 0) is 12.1 Å². The zero-order valence-electron chi connectivity index (χ0n) is 8.82. The Balaban J connectivity index is 0.000000404. The van der Waals surface area contributed by atoms with Gasteiger partial charge in [0.1, 0.15) is 0 Å². The number of nitrogens with zero attached hydrogens (tertiary/aromatic N) is 3. The van der Waals surface area contributed by atoms with Crippen molar-refractivity contribution in [1.82, 2.24) is 15.5 Å². The highest BCUT2D eigenvalue weighted by Gasteiger charge is 2.47. The molecule has 15 heavy (non-hydrogen) atoms. The summed E-state index contributed by atoms with van der Waals surface area (Å²) < 4.78 is 0. The molecule has 2 aliphatic heterocycles. The molecule has 2 aliphatic rings. The Labute approximate surface area is 90.0 Å².